The Kier molecular flexibility index (Phi) is 5.93. The molecule has 26 heavy (non-hydrogen) atoms. The summed E-state index contributed by atoms with van der Waals surface area (Å²) in [4.78, 5) is 25.4. The number of halogens is 1. The SMILES string of the molecule is COc1ccc(C)cc1NC(=O)C(C)(C)C(=O)Nc1ccc(Cl)cc1C. The van der Waals surface area contributed by atoms with E-state index in [4.69, 9.17) is 16.3 Å². The Labute approximate surface area is 158 Å². The summed E-state index contributed by atoms with van der Waals surface area (Å²) in [5, 5.41) is 6.17. The molecule has 0 aliphatic rings. The van der Waals surface area contributed by atoms with Crippen LogP contribution >= 0.6 is 11.6 Å². The lowest BCUT2D eigenvalue weighted by Gasteiger charge is -2.24. The summed E-state index contributed by atoms with van der Waals surface area (Å²) in [7, 11) is 1.53. The minimum atomic E-state index is -1.29. The van der Waals surface area contributed by atoms with Crippen molar-refractivity contribution in [3.63, 3.8) is 0 Å². The molecule has 0 aromatic heterocycles. The van der Waals surface area contributed by atoms with E-state index in [1.165, 1.54) is 7.11 Å². The molecule has 2 aromatic carbocycles. The Morgan fingerprint density at radius 1 is 0.962 bits per heavy atom. The van der Waals surface area contributed by atoms with Crippen molar-refractivity contribution in [2.45, 2.75) is 27.7 Å². The molecule has 2 rings (SSSR count). The van der Waals surface area contributed by atoms with Crippen LogP contribution in [0.25, 0.3) is 0 Å². The number of benzene rings is 2. The predicted octanol–water partition coefficient (Wildman–Crippen LogP) is 4.57. The zero-order valence-electron chi connectivity index (χ0n) is 15.6. The molecule has 0 aliphatic heterocycles. The quantitative estimate of drug-likeness (QED) is 0.753. The Bertz CT molecular complexity index is 847. The molecule has 0 fully saturated rings. The van der Waals surface area contributed by atoms with Crippen molar-refractivity contribution in [3.8, 4) is 5.75 Å². The van der Waals surface area contributed by atoms with Crippen LogP contribution in [-0.2, 0) is 9.59 Å². The van der Waals surface area contributed by atoms with Gasteiger partial charge in [0.25, 0.3) is 0 Å². The fraction of sp³-hybridized carbons (Fsp3) is 0.300. The zero-order chi connectivity index (χ0) is 19.5. The lowest BCUT2D eigenvalue weighted by atomic mass is 9.90. The van der Waals surface area contributed by atoms with Gasteiger partial charge in [0.05, 0.1) is 12.8 Å². The van der Waals surface area contributed by atoms with Crippen LogP contribution in [0.5, 0.6) is 5.75 Å². The molecule has 2 amide bonds. The van der Waals surface area contributed by atoms with Crippen molar-refractivity contribution in [2.75, 3.05) is 17.7 Å². The van der Waals surface area contributed by atoms with E-state index in [9.17, 15) is 9.59 Å². The monoisotopic (exact) mass is 374 g/mol. The standard InChI is InChI=1S/C20H23ClN2O3/c1-12-6-9-17(26-5)16(10-12)23-19(25)20(3,4)18(24)22-15-8-7-14(21)11-13(15)2/h6-11H,1-5H3,(H,22,24)(H,23,25). The summed E-state index contributed by atoms with van der Waals surface area (Å²) in [6, 6.07) is 10.6. The zero-order valence-corrected chi connectivity index (χ0v) is 16.3. The summed E-state index contributed by atoms with van der Waals surface area (Å²) in [5.74, 6) is -0.300. The van der Waals surface area contributed by atoms with Gasteiger partial charge in [0, 0.05) is 10.7 Å². The molecule has 0 heterocycles. The summed E-state index contributed by atoms with van der Waals surface area (Å²) >= 11 is 5.94. The number of carbonyl (C=O) groups excluding carboxylic acids is 2. The molecule has 0 bridgehead atoms. The second-order valence-electron chi connectivity index (χ2n) is 6.70. The number of aryl methyl sites for hydroxylation is 2. The second-order valence-corrected chi connectivity index (χ2v) is 7.13. The second kappa shape index (κ2) is 7.79. The highest BCUT2D eigenvalue weighted by molar-refractivity contribution is 6.30. The number of nitrogens with one attached hydrogen (secondary N) is 2. The van der Waals surface area contributed by atoms with Crippen molar-refractivity contribution >= 4 is 34.8 Å². The Balaban J connectivity index is 2.19. The molecule has 138 valence electrons. The van der Waals surface area contributed by atoms with Crippen LogP contribution in [0.3, 0.4) is 0 Å². The third-order valence-electron chi connectivity index (χ3n) is 4.18. The van der Waals surface area contributed by atoms with Crippen molar-refractivity contribution in [2.24, 2.45) is 5.41 Å². The van der Waals surface area contributed by atoms with Gasteiger partial charge in [0.15, 0.2) is 0 Å². The van der Waals surface area contributed by atoms with Crippen molar-refractivity contribution in [1.29, 1.82) is 0 Å². The van der Waals surface area contributed by atoms with Gasteiger partial charge in [0.1, 0.15) is 11.2 Å². The van der Waals surface area contributed by atoms with Gasteiger partial charge < -0.3 is 15.4 Å². The molecule has 5 nitrogen and oxygen atoms in total. The molecular weight excluding hydrogens is 352 g/mol. The molecule has 0 radical (unpaired) electrons. The van der Waals surface area contributed by atoms with Crippen LogP contribution in [-0.4, -0.2) is 18.9 Å². The Hall–Kier alpha value is -2.53. The van der Waals surface area contributed by atoms with E-state index in [-0.39, 0.29) is 0 Å². The number of methoxy groups -OCH3 is 1. The maximum absolute atomic E-state index is 12.7. The molecule has 2 N–H and O–H groups in total. The van der Waals surface area contributed by atoms with E-state index in [1.54, 1.807) is 44.2 Å². The highest BCUT2D eigenvalue weighted by Gasteiger charge is 2.36. The van der Waals surface area contributed by atoms with Gasteiger partial charge in [-0.25, -0.2) is 0 Å². The number of hydrogen-bond acceptors (Lipinski definition) is 3. The van der Waals surface area contributed by atoms with E-state index >= 15 is 0 Å². The van der Waals surface area contributed by atoms with E-state index in [1.807, 2.05) is 19.9 Å². The lowest BCUT2D eigenvalue weighted by Crippen LogP contribution is -2.41. The number of ether oxygens (including phenoxy) is 1. The topological polar surface area (TPSA) is 67.4 Å². The van der Waals surface area contributed by atoms with Gasteiger partial charge in [-0.05, 0) is 69.2 Å². The number of carbonyl (C=O) groups is 2. The summed E-state index contributed by atoms with van der Waals surface area (Å²) in [6.07, 6.45) is 0. The fourth-order valence-corrected chi connectivity index (χ4v) is 2.57. The van der Waals surface area contributed by atoms with Gasteiger partial charge in [-0.1, -0.05) is 17.7 Å². The van der Waals surface area contributed by atoms with Crippen LogP contribution < -0.4 is 15.4 Å². The number of hydrogen-bond donors (Lipinski definition) is 2. The van der Waals surface area contributed by atoms with Crippen LogP contribution in [0, 0.1) is 19.3 Å². The first-order valence-corrected chi connectivity index (χ1v) is 8.56. The van der Waals surface area contributed by atoms with Crippen molar-refractivity contribution < 1.29 is 14.3 Å². The van der Waals surface area contributed by atoms with E-state index in [0.29, 0.717) is 22.1 Å². The third-order valence-corrected chi connectivity index (χ3v) is 4.41. The van der Waals surface area contributed by atoms with Gasteiger partial charge >= 0.3 is 0 Å². The number of anilines is 2. The molecule has 0 atom stereocenters. The van der Waals surface area contributed by atoms with E-state index in [0.717, 1.165) is 11.1 Å². The van der Waals surface area contributed by atoms with Crippen molar-refractivity contribution in [1.82, 2.24) is 0 Å². The third kappa shape index (κ3) is 4.35. The molecule has 0 spiro atoms. The summed E-state index contributed by atoms with van der Waals surface area (Å²) in [5.41, 5.74) is 1.65. The van der Waals surface area contributed by atoms with E-state index < -0.39 is 17.2 Å². The Morgan fingerprint density at radius 2 is 1.58 bits per heavy atom. The van der Waals surface area contributed by atoms with Crippen LogP contribution in [0.1, 0.15) is 25.0 Å². The first kappa shape index (κ1) is 19.8. The summed E-state index contributed by atoms with van der Waals surface area (Å²) < 4.78 is 5.27. The average molecular weight is 375 g/mol. The molecule has 0 unspecified atom stereocenters. The van der Waals surface area contributed by atoms with Crippen molar-refractivity contribution in [3.05, 3.63) is 52.5 Å². The van der Waals surface area contributed by atoms with Gasteiger partial charge in [-0.15, -0.1) is 0 Å². The van der Waals surface area contributed by atoms with Crippen LogP contribution in [0.15, 0.2) is 36.4 Å². The van der Waals surface area contributed by atoms with Crippen LogP contribution in [0.4, 0.5) is 11.4 Å². The number of rotatable bonds is 5. The van der Waals surface area contributed by atoms with Gasteiger partial charge in [0.2, 0.25) is 11.8 Å². The maximum atomic E-state index is 12.7. The number of amides is 2. The first-order chi connectivity index (χ1) is 12.1. The normalized spacial score (nSPS) is 11.0. The largest absolute Gasteiger partial charge is 0.495 e. The minimum absolute atomic E-state index is 0.410. The maximum Gasteiger partial charge on any atom is 0.239 e. The highest BCUT2D eigenvalue weighted by atomic mass is 35.5. The molecule has 2 aromatic rings. The Morgan fingerprint density at radius 3 is 2.15 bits per heavy atom. The average Bonchev–Trinajstić information content (AvgIpc) is 2.57. The minimum Gasteiger partial charge on any atom is -0.495 e. The summed E-state index contributed by atoms with van der Waals surface area (Å²) in [6.45, 7) is 6.90. The van der Waals surface area contributed by atoms with Gasteiger partial charge in [-0.3, -0.25) is 9.59 Å². The lowest BCUT2D eigenvalue weighted by molar-refractivity contribution is -0.135. The van der Waals surface area contributed by atoms with Gasteiger partial charge in [-0.2, -0.15) is 0 Å². The molecular formula is C20H23ClN2O3. The predicted molar refractivity (Wildman–Crippen MR) is 105 cm³/mol. The van der Waals surface area contributed by atoms with E-state index in [2.05, 4.69) is 10.6 Å². The van der Waals surface area contributed by atoms with Crippen LogP contribution in [0.2, 0.25) is 5.02 Å². The fourth-order valence-electron chi connectivity index (χ4n) is 2.35. The molecule has 6 heteroatoms. The first-order valence-electron chi connectivity index (χ1n) is 8.19. The smallest absolute Gasteiger partial charge is 0.239 e. The molecule has 0 saturated heterocycles. The molecule has 0 saturated carbocycles. The highest BCUT2D eigenvalue weighted by Crippen LogP contribution is 2.29. The molecule has 0 aliphatic carbocycles.